The third kappa shape index (κ3) is 4.79. The molecule has 2 aromatic rings. The Morgan fingerprint density at radius 2 is 1.89 bits per heavy atom. The van der Waals surface area contributed by atoms with Crippen molar-refractivity contribution in [3.63, 3.8) is 0 Å². The summed E-state index contributed by atoms with van der Waals surface area (Å²) >= 11 is 5.91. The second kappa shape index (κ2) is 8.77. The molecule has 140 valence electrons. The van der Waals surface area contributed by atoms with E-state index in [1.807, 2.05) is 0 Å². The predicted octanol–water partition coefficient (Wildman–Crippen LogP) is 2.62. The predicted molar refractivity (Wildman–Crippen MR) is 95.0 cm³/mol. The number of carbonyl (C=O) groups excluding carboxylic acids is 3. The molecule has 2 aromatic carbocycles. The zero-order valence-electron chi connectivity index (χ0n) is 13.9. The molecule has 0 bridgehead atoms. The van der Waals surface area contributed by atoms with Crippen molar-refractivity contribution in [1.29, 1.82) is 0 Å². The van der Waals surface area contributed by atoms with E-state index in [4.69, 9.17) is 16.3 Å². The molecule has 0 saturated carbocycles. The van der Waals surface area contributed by atoms with Crippen LogP contribution in [0, 0.1) is 10.1 Å². The monoisotopic (exact) mass is 392 g/mol. The fourth-order valence-corrected chi connectivity index (χ4v) is 2.29. The first-order chi connectivity index (χ1) is 12.9. The third-order valence-electron chi connectivity index (χ3n) is 3.46. The molecule has 0 aliphatic heterocycles. The van der Waals surface area contributed by atoms with Crippen LogP contribution < -0.4 is 10.1 Å². The number of nitro groups is 1. The first-order valence-corrected chi connectivity index (χ1v) is 7.77. The topological polar surface area (TPSA) is 125 Å². The minimum Gasteiger partial charge on any atom is -0.497 e. The highest BCUT2D eigenvalue weighted by atomic mass is 35.5. The van der Waals surface area contributed by atoms with Crippen LogP contribution in [0.15, 0.2) is 42.5 Å². The number of hydrogen-bond donors (Lipinski definition) is 1. The summed E-state index contributed by atoms with van der Waals surface area (Å²) in [6, 6.07) is 9.19. The number of ether oxygens (including phenoxy) is 2. The van der Waals surface area contributed by atoms with Crippen LogP contribution in [0.25, 0.3) is 0 Å². The van der Waals surface area contributed by atoms with Gasteiger partial charge in [-0.15, -0.1) is 0 Å². The summed E-state index contributed by atoms with van der Waals surface area (Å²) in [6.07, 6.45) is -1.80. The fraction of sp³-hybridized carbons (Fsp3) is 0.118. The van der Waals surface area contributed by atoms with Crippen molar-refractivity contribution in [3.05, 3.63) is 63.2 Å². The Morgan fingerprint density at radius 1 is 1.22 bits per heavy atom. The second-order valence-electron chi connectivity index (χ2n) is 5.12. The molecule has 0 aromatic heterocycles. The standard InChI is InChI=1S/C17H13ClN2O7/c1-26-12-5-2-10(3-6-12)15(22)16(27-9-21)17(23)19-14-8-11(20(24)25)4-7-13(14)18/h2-9,16H,1H3,(H,19,23). The van der Waals surface area contributed by atoms with E-state index in [1.54, 1.807) is 0 Å². The van der Waals surface area contributed by atoms with E-state index in [0.29, 0.717) is 5.75 Å². The Labute approximate surface area is 158 Å². The smallest absolute Gasteiger partial charge is 0.294 e. The molecule has 1 atom stereocenters. The fourth-order valence-electron chi connectivity index (χ4n) is 2.13. The summed E-state index contributed by atoms with van der Waals surface area (Å²) in [5.74, 6) is -1.30. The van der Waals surface area contributed by atoms with E-state index in [2.05, 4.69) is 10.1 Å². The highest BCUT2D eigenvalue weighted by Crippen LogP contribution is 2.27. The van der Waals surface area contributed by atoms with Crippen LogP contribution in [0.4, 0.5) is 11.4 Å². The lowest BCUT2D eigenvalue weighted by atomic mass is 10.1. The molecule has 10 heteroatoms. The zero-order valence-corrected chi connectivity index (χ0v) is 14.6. The molecule has 1 unspecified atom stereocenters. The molecule has 1 N–H and O–H groups in total. The Bertz CT molecular complexity index is 883. The maximum Gasteiger partial charge on any atom is 0.294 e. The molecule has 27 heavy (non-hydrogen) atoms. The van der Waals surface area contributed by atoms with Gasteiger partial charge in [0.05, 0.1) is 22.7 Å². The minimum atomic E-state index is -1.80. The molecule has 0 aliphatic rings. The highest BCUT2D eigenvalue weighted by Gasteiger charge is 2.30. The van der Waals surface area contributed by atoms with E-state index in [0.717, 1.165) is 12.1 Å². The molecule has 9 nitrogen and oxygen atoms in total. The number of nitrogens with one attached hydrogen (secondary N) is 1. The average molecular weight is 393 g/mol. The SMILES string of the molecule is COc1ccc(C(=O)C(OC=O)C(=O)Nc2cc([N+](=O)[O-])ccc2Cl)cc1. The minimum absolute atomic E-state index is 0.00991. The normalized spacial score (nSPS) is 11.2. The van der Waals surface area contributed by atoms with E-state index in [-0.39, 0.29) is 28.4 Å². The lowest BCUT2D eigenvalue weighted by Crippen LogP contribution is -2.37. The molecule has 1 amide bonds. The number of nitrogens with zero attached hydrogens (tertiary/aromatic N) is 1. The van der Waals surface area contributed by atoms with Gasteiger partial charge in [-0.1, -0.05) is 11.6 Å². The van der Waals surface area contributed by atoms with Gasteiger partial charge < -0.3 is 14.8 Å². The van der Waals surface area contributed by atoms with Crippen molar-refractivity contribution in [1.82, 2.24) is 0 Å². The number of anilines is 1. The number of benzene rings is 2. The van der Waals surface area contributed by atoms with E-state index >= 15 is 0 Å². The van der Waals surface area contributed by atoms with Gasteiger partial charge in [-0.05, 0) is 30.3 Å². The second-order valence-corrected chi connectivity index (χ2v) is 5.52. The van der Waals surface area contributed by atoms with Gasteiger partial charge >= 0.3 is 0 Å². The molecule has 0 saturated heterocycles. The van der Waals surface area contributed by atoms with Gasteiger partial charge in [0.25, 0.3) is 18.1 Å². The molecule has 0 fully saturated rings. The quantitative estimate of drug-likeness (QED) is 0.240. The number of non-ortho nitro benzene ring substituents is 1. The molecule has 0 radical (unpaired) electrons. The lowest BCUT2D eigenvalue weighted by molar-refractivity contribution is -0.384. The van der Waals surface area contributed by atoms with Crippen molar-refractivity contribution in [2.45, 2.75) is 6.10 Å². The van der Waals surface area contributed by atoms with Gasteiger partial charge in [-0.25, -0.2) is 0 Å². The largest absolute Gasteiger partial charge is 0.497 e. The van der Waals surface area contributed by atoms with Crippen molar-refractivity contribution in [2.24, 2.45) is 0 Å². The van der Waals surface area contributed by atoms with Crippen LogP contribution in [0.5, 0.6) is 5.75 Å². The molecule has 0 aliphatic carbocycles. The van der Waals surface area contributed by atoms with Crippen molar-refractivity contribution >= 4 is 41.1 Å². The van der Waals surface area contributed by atoms with Gasteiger partial charge in [-0.2, -0.15) is 0 Å². The number of amides is 1. The first kappa shape index (κ1) is 19.9. The van der Waals surface area contributed by atoms with Gasteiger partial charge in [-0.3, -0.25) is 24.5 Å². The van der Waals surface area contributed by atoms with Crippen LogP contribution in [-0.2, 0) is 14.3 Å². The van der Waals surface area contributed by atoms with Gasteiger partial charge in [0.15, 0.2) is 0 Å². The summed E-state index contributed by atoms with van der Waals surface area (Å²) in [6.45, 7) is -0.0410. The van der Waals surface area contributed by atoms with E-state index < -0.39 is 22.7 Å². The number of ketones is 1. The maximum atomic E-state index is 12.5. The van der Waals surface area contributed by atoms with Crippen molar-refractivity contribution < 1.29 is 28.8 Å². The van der Waals surface area contributed by atoms with Crippen LogP contribution in [0.1, 0.15) is 10.4 Å². The van der Waals surface area contributed by atoms with Crippen LogP contribution in [0.2, 0.25) is 5.02 Å². The third-order valence-corrected chi connectivity index (χ3v) is 3.79. The summed E-state index contributed by atoms with van der Waals surface area (Å²) in [7, 11) is 1.45. The number of hydrogen-bond acceptors (Lipinski definition) is 7. The molecule has 0 heterocycles. The Kier molecular flexibility index (Phi) is 6.45. The number of halogens is 1. The molecule has 0 spiro atoms. The molecular weight excluding hydrogens is 380 g/mol. The lowest BCUT2D eigenvalue weighted by Gasteiger charge is -2.15. The van der Waals surface area contributed by atoms with Crippen molar-refractivity contribution in [2.75, 3.05) is 12.4 Å². The summed E-state index contributed by atoms with van der Waals surface area (Å²) in [5, 5.41) is 13.1. The number of Topliss-reactive ketones (excluding diaryl/α,β-unsaturated/α-hetero) is 1. The Balaban J connectivity index is 2.26. The molecule has 2 rings (SSSR count). The summed E-state index contributed by atoms with van der Waals surface area (Å²) < 4.78 is 9.60. The number of nitro benzene ring substituents is 1. The van der Waals surface area contributed by atoms with Crippen LogP contribution in [-0.4, -0.2) is 36.3 Å². The number of carbonyl (C=O) groups is 3. The van der Waals surface area contributed by atoms with E-state index in [9.17, 15) is 24.5 Å². The average Bonchev–Trinajstić information content (AvgIpc) is 2.67. The Morgan fingerprint density at radius 3 is 2.44 bits per heavy atom. The maximum absolute atomic E-state index is 12.5. The van der Waals surface area contributed by atoms with Crippen molar-refractivity contribution in [3.8, 4) is 5.75 Å². The molecular formula is C17H13ClN2O7. The van der Waals surface area contributed by atoms with Crippen LogP contribution in [0.3, 0.4) is 0 Å². The van der Waals surface area contributed by atoms with Gasteiger partial charge in [0, 0.05) is 17.7 Å². The van der Waals surface area contributed by atoms with Gasteiger partial charge in [0.2, 0.25) is 11.9 Å². The first-order valence-electron chi connectivity index (χ1n) is 7.39. The number of rotatable bonds is 8. The summed E-state index contributed by atoms with van der Waals surface area (Å²) in [4.78, 5) is 45.8. The Hall–Kier alpha value is -3.46. The number of methoxy groups -OCH3 is 1. The highest BCUT2D eigenvalue weighted by molar-refractivity contribution is 6.34. The summed E-state index contributed by atoms with van der Waals surface area (Å²) in [5.41, 5.74) is -0.315. The zero-order chi connectivity index (χ0) is 20.0. The van der Waals surface area contributed by atoms with Crippen LogP contribution >= 0.6 is 11.6 Å². The van der Waals surface area contributed by atoms with E-state index in [1.165, 1.54) is 37.4 Å². The van der Waals surface area contributed by atoms with Gasteiger partial charge in [0.1, 0.15) is 5.75 Å².